The van der Waals surface area contributed by atoms with Crippen LogP contribution in [0.3, 0.4) is 0 Å². The molecule has 0 radical (unpaired) electrons. The van der Waals surface area contributed by atoms with Gasteiger partial charge in [-0.15, -0.1) is 0 Å². The molecule has 0 bridgehead atoms. The van der Waals surface area contributed by atoms with Gasteiger partial charge >= 0.3 is 0 Å². The molecular formula is C15H24N6O2. The smallest absolute Gasteiger partial charge is 0.228 e. The van der Waals surface area contributed by atoms with Crippen LogP contribution in [0.5, 0.6) is 0 Å². The molecular weight excluding hydrogens is 296 g/mol. The Morgan fingerprint density at radius 1 is 1.13 bits per heavy atom. The van der Waals surface area contributed by atoms with Gasteiger partial charge < -0.3 is 19.7 Å². The third-order valence-corrected chi connectivity index (χ3v) is 3.46. The van der Waals surface area contributed by atoms with Crippen LogP contribution in [0.1, 0.15) is 42.6 Å². The minimum absolute atomic E-state index is 0.617. The Bertz CT molecular complexity index is 625. The van der Waals surface area contributed by atoms with Crippen LogP contribution in [0.15, 0.2) is 14.0 Å². The topological polar surface area (TPSA) is 101 Å². The molecule has 0 atom stereocenters. The van der Waals surface area contributed by atoms with E-state index in [0.29, 0.717) is 37.2 Å². The van der Waals surface area contributed by atoms with Crippen LogP contribution in [0.25, 0.3) is 0 Å². The fourth-order valence-corrected chi connectivity index (χ4v) is 2.26. The number of rotatable bonds is 7. The Labute approximate surface area is 135 Å². The lowest BCUT2D eigenvalue weighted by Crippen LogP contribution is -2.38. The Balaban J connectivity index is 1.84. The predicted octanol–water partition coefficient (Wildman–Crippen LogP) is 1.40. The third kappa shape index (κ3) is 4.54. The van der Waals surface area contributed by atoms with Crippen molar-refractivity contribution in [2.24, 2.45) is 4.99 Å². The zero-order valence-electron chi connectivity index (χ0n) is 14.1. The number of nitrogens with one attached hydrogen (secondary N) is 2. The van der Waals surface area contributed by atoms with Crippen molar-refractivity contribution in [3.05, 3.63) is 28.7 Å². The van der Waals surface area contributed by atoms with Gasteiger partial charge in [0.15, 0.2) is 11.8 Å². The summed E-state index contributed by atoms with van der Waals surface area (Å²) in [4.78, 5) is 8.38. The van der Waals surface area contributed by atoms with Crippen molar-refractivity contribution in [2.45, 2.75) is 46.6 Å². The zero-order chi connectivity index (χ0) is 16.7. The van der Waals surface area contributed by atoms with Gasteiger partial charge in [0.05, 0.1) is 5.69 Å². The van der Waals surface area contributed by atoms with E-state index in [1.54, 1.807) is 14.0 Å². The SMILES string of the molecule is CCc1noc(CC)c1CNC(=NC)NCCc1nc(C)no1. The molecule has 0 saturated carbocycles. The maximum absolute atomic E-state index is 5.37. The molecule has 8 heteroatoms. The lowest BCUT2D eigenvalue weighted by atomic mass is 10.1. The first-order chi connectivity index (χ1) is 11.2. The lowest BCUT2D eigenvalue weighted by molar-refractivity contribution is 0.374. The fourth-order valence-electron chi connectivity index (χ4n) is 2.26. The van der Waals surface area contributed by atoms with Crippen molar-refractivity contribution in [1.82, 2.24) is 25.9 Å². The van der Waals surface area contributed by atoms with Crippen LogP contribution in [-0.4, -0.2) is 34.8 Å². The quantitative estimate of drug-likeness (QED) is 0.587. The molecule has 0 amide bonds. The number of hydrogen-bond donors (Lipinski definition) is 2. The van der Waals surface area contributed by atoms with Crippen molar-refractivity contribution < 1.29 is 9.05 Å². The van der Waals surface area contributed by atoms with E-state index in [-0.39, 0.29) is 0 Å². The summed E-state index contributed by atoms with van der Waals surface area (Å²) in [6.45, 7) is 7.22. The van der Waals surface area contributed by atoms with Gasteiger partial charge in [-0.3, -0.25) is 4.99 Å². The number of hydrogen-bond acceptors (Lipinski definition) is 6. The van der Waals surface area contributed by atoms with Crippen LogP contribution in [0.4, 0.5) is 0 Å². The monoisotopic (exact) mass is 320 g/mol. The molecule has 2 aromatic heterocycles. The minimum Gasteiger partial charge on any atom is -0.361 e. The second kappa shape index (κ2) is 8.30. The van der Waals surface area contributed by atoms with Gasteiger partial charge in [-0.1, -0.05) is 24.2 Å². The van der Waals surface area contributed by atoms with Gasteiger partial charge in [-0.25, -0.2) is 0 Å². The molecule has 2 heterocycles. The van der Waals surface area contributed by atoms with E-state index < -0.39 is 0 Å². The van der Waals surface area contributed by atoms with E-state index in [0.717, 1.165) is 29.9 Å². The molecule has 8 nitrogen and oxygen atoms in total. The Morgan fingerprint density at radius 2 is 1.96 bits per heavy atom. The summed E-state index contributed by atoms with van der Waals surface area (Å²) in [7, 11) is 1.74. The standard InChI is InChI=1S/C15H24N6O2/c1-5-12-11(13(6-2)22-21-12)9-18-15(16-4)17-8-7-14-19-10(3)20-23-14/h5-9H2,1-4H3,(H2,16,17,18). The molecule has 2 rings (SSSR count). The van der Waals surface area contributed by atoms with Gasteiger partial charge in [0.1, 0.15) is 5.76 Å². The van der Waals surface area contributed by atoms with E-state index in [4.69, 9.17) is 9.05 Å². The highest BCUT2D eigenvalue weighted by atomic mass is 16.5. The number of aryl methyl sites for hydroxylation is 3. The summed E-state index contributed by atoms with van der Waals surface area (Å²) in [5.74, 6) is 2.90. The van der Waals surface area contributed by atoms with E-state index in [9.17, 15) is 0 Å². The van der Waals surface area contributed by atoms with E-state index in [2.05, 4.69) is 44.8 Å². The average Bonchev–Trinajstić information content (AvgIpc) is 3.16. The average molecular weight is 320 g/mol. The van der Waals surface area contributed by atoms with E-state index in [1.807, 2.05) is 0 Å². The van der Waals surface area contributed by atoms with Gasteiger partial charge in [0.2, 0.25) is 5.89 Å². The summed E-state index contributed by atoms with van der Waals surface area (Å²) >= 11 is 0. The zero-order valence-corrected chi connectivity index (χ0v) is 14.1. The predicted molar refractivity (Wildman–Crippen MR) is 86.2 cm³/mol. The lowest BCUT2D eigenvalue weighted by Gasteiger charge is -2.11. The maximum Gasteiger partial charge on any atom is 0.228 e. The fraction of sp³-hybridized carbons (Fsp3) is 0.600. The molecule has 126 valence electrons. The van der Waals surface area contributed by atoms with Gasteiger partial charge in [0, 0.05) is 38.5 Å². The van der Waals surface area contributed by atoms with Crippen LogP contribution in [0, 0.1) is 6.92 Å². The molecule has 0 aliphatic heterocycles. The van der Waals surface area contributed by atoms with Crippen molar-refractivity contribution in [1.29, 1.82) is 0 Å². The first kappa shape index (κ1) is 17.0. The maximum atomic E-state index is 5.37. The van der Waals surface area contributed by atoms with Crippen LogP contribution in [0.2, 0.25) is 0 Å². The summed E-state index contributed by atoms with van der Waals surface area (Å²) in [6, 6.07) is 0. The first-order valence-electron chi connectivity index (χ1n) is 7.87. The second-order valence-corrected chi connectivity index (χ2v) is 5.08. The Morgan fingerprint density at radius 3 is 2.57 bits per heavy atom. The molecule has 0 aliphatic rings. The van der Waals surface area contributed by atoms with Crippen LogP contribution in [-0.2, 0) is 25.8 Å². The normalized spacial score (nSPS) is 11.7. The highest BCUT2D eigenvalue weighted by molar-refractivity contribution is 5.79. The first-order valence-corrected chi connectivity index (χ1v) is 7.87. The largest absolute Gasteiger partial charge is 0.361 e. The molecule has 23 heavy (non-hydrogen) atoms. The Kier molecular flexibility index (Phi) is 6.13. The number of nitrogens with zero attached hydrogens (tertiary/aromatic N) is 4. The van der Waals surface area contributed by atoms with Crippen molar-refractivity contribution in [3.8, 4) is 0 Å². The summed E-state index contributed by atoms with van der Waals surface area (Å²) in [6.07, 6.45) is 2.32. The second-order valence-electron chi connectivity index (χ2n) is 5.08. The molecule has 0 saturated heterocycles. The molecule has 2 N–H and O–H groups in total. The minimum atomic E-state index is 0.617. The van der Waals surface area contributed by atoms with Gasteiger partial charge in [-0.05, 0) is 13.3 Å². The van der Waals surface area contributed by atoms with Gasteiger partial charge in [-0.2, -0.15) is 4.98 Å². The number of aromatic nitrogens is 3. The Hall–Kier alpha value is -2.38. The molecule has 2 aromatic rings. The summed E-state index contributed by atoms with van der Waals surface area (Å²) < 4.78 is 10.4. The van der Waals surface area contributed by atoms with Crippen molar-refractivity contribution in [3.63, 3.8) is 0 Å². The molecule has 0 fully saturated rings. The molecule has 0 aromatic carbocycles. The van der Waals surface area contributed by atoms with Crippen molar-refractivity contribution >= 4 is 5.96 Å². The highest BCUT2D eigenvalue weighted by Crippen LogP contribution is 2.15. The summed E-state index contributed by atoms with van der Waals surface area (Å²) in [5.41, 5.74) is 2.11. The molecule has 0 spiro atoms. The van der Waals surface area contributed by atoms with E-state index in [1.165, 1.54) is 0 Å². The van der Waals surface area contributed by atoms with E-state index >= 15 is 0 Å². The van der Waals surface area contributed by atoms with Crippen LogP contribution >= 0.6 is 0 Å². The third-order valence-electron chi connectivity index (χ3n) is 3.46. The summed E-state index contributed by atoms with van der Waals surface area (Å²) in [5, 5.41) is 14.4. The van der Waals surface area contributed by atoms with Gasteiger partial charge in [0.25, 0.3) is 0 Å². The highest BCUT2D eigenvalue weighted by Gasteiger charge is 2.13. The molecule has 0 aliphatic carbocycles. The van der Waals surface area contributed by atoms with Crippen molar-refractivity contribution in [2.75, 3.05) is 13.6 Å². The molecule has 0 unspecified atom stereocenters. The number of guanidine groups is 1. The van der Waals surface area contributed by atoms with Crippen LogP contribution < -0.4 is 10.6 Å². The number of aliphatic imine (C=N–C) groups is 1.